The zero-order chi connectivity index (χ0) is 16.6. The maximum Gasteiger partial charge on any atom is 0.269 e. The standard InChI is InChI=1S/C19H27N3O2/c23-19(21-20-18-5-3-1-2-4-6-18)17-9-7-16(8-10-17)15-22-11-13-24-14-12-22/h5,7-10,20H,1-4,6,11-15H2,(H,21,23). The van der Waals surface area contributed by atoms with Crippen LogP contribution in [-0.2, 0) is 11.3 Å². The molecule has 0 unspecified atom stereocenters. The molecule has 1 fully saturated rings. The monoisotopic (exact) mass is 329 g/mol. The van der Waals surface area contributed by atoms with E-state index >= 15 is 0 Å². The number of nitrogens with one attached hydrogen (secondary N) is 2. The molecule has 0 spiro atoms. The fourth-order valence-corrected chi connectivity index (χ4v) is 3.12. The van der Waals surface area contributed by atoms with Crippen molar-refractivity contribution in [3.63, 3.8) is 0 Å². The van der Waals surface area contributed by atoms with Crippen molar-refractivity contribution < 1.29 is 9.53 Å². The van der Waals surface area contributed by atoms with Gasteiger partial charge in [0.25, 0.3) is 5.91 Å². The summed E-state index contributed by atoms with van der Waals surface area (Å²) < 4.78 is 5.37. The molecule has 1 heterocycles. The molecule has 5 heteroatoms. The number of ether oxygens (including phenoxy) is 1. The lowest BCUT2D eigenvalue weighted by molar-refractivity contribution is 0.0342. The van der Waals surface area contributed by atoms with Crippen LogP contribution in [0.25, 0.3) is 0 Å². The molecule has 1 aromatic rings. The minimum atomic E-state index is -0.0851. The number of benzene rings is 1. The number of hydrogen-bond acceptors (Lipinski definition) is 4. The quantitative estimate of drug-likeness (QED) is 0.816. The van der Waals surface area contributed by atoms with E-state index in [4.69, 9.17) is 4.74 Å². The van der Waals surface area contributed by atoms with Gasteiger partial charge in [-0.1, -0.05) is 24.6 Å². The summed E-state index contributed by atoms with van der Waals surface area (Å²) in [6.45, 7) is 4.48. The van der Waals surface area contributed by atoms with Gasteiger partial charge < -0.3 is 10.2 Å². The summed E-state index contributed by atoms with van der Waals surface area (Å²) >= 11 is 0. The Hall–Kier alpha value is -1.85. The predicted octanol–water partition coefficient (Wildman–Crippen LogP) is 2.60. The summed E-state index contributed by atoms with van der Waals surface area (Å²) in [5, 5.41) is 0. The van der Waals surface area contributed by atoms with Crippen molar-refractivity contribution in [3.05, 3.63) is 47.2 Å². The first-order valence-electron chi connectivity index (χ1n) is 8.96. The van der Waals surface area contributed by atoms with Crippen molar-refractivity contribution in [3.8, 4) is 0 Å². The van der Waals surface area contributed by atoms with E-state index in [9.17, 15) is 4.79 Å². The highest BCUT2D eigenvalue weighted by Gasteiger charge is 2.11. The highest BCUT2D eigenvalue weighted by atomic mass is 16.5. The van der Waals surface area contributed by atoms with E-state index in [0.29, 0.717) is 5.56 Å². The van der Waals surface area contributed by atoms with Gasteiger partial charge in [0, 0.05) is 30.9 Å². The van der Waals surface area contributed by atoms with Crippen LogP contribution in [0.5, 0.6) is 0 Å². The third kappa shape index (κ3) is 5.08. The van der Waals surface area contributed by atoms with E-state index in [-0.39, 0.29) is 5.91 Å². The zero-order valence-electron chi connectivity index (χ0n) is 14.2. The largest absolute Gasteiger partial charge is 0.379 e. The number of hydrogen-bond donors (Lipinski definition) is 2. The lowest BCUT2D eigenvalue weighted by Gasteiger charge is -2.26. The Kier molecular flexibility index (Phi) is 6.26. The molecule has 1 aliphatic heterocycles. The van der Waals surface area contributed by atoms with Gasteiger partial charge in [0.15, 0.2) is 0 Å². The molecule has 2 N–H and O–H groups in total. The first-order valence-corrected chi connectivity index (χ1v) is 8.96. The number of allylic oxidation sites excluding steroid dienone is 2. The van der Waals surface area contributed by atoms with E-state index < -0.39 is 0 Å². The molecular weight excluding hydrogens is 302 g/mol. The van der Waals surface area contributed by atoms with Crippen LogP contribution < -0.4 is 10.9 Å². The van der Waals surface area contributed by atoms with Crippen molar-refractivity contribution in [2.24, 2.45) is 0 Å². The average molecular weight is 329 g/mol. The Bertz CT molecular complexity index is 562. The predicted molar refractivity (Wildman–Crippen MR) is 94.3 cm³/mol. The first kappa shape index (κ1) is 17.0. The summed E-state index contributed by atoms with van der Waals surface area (Å²) in [6.07, 6.45) is 7.99. The zero-order valence-corrected chi connectivity index (χ0v) is 14.2. The van der Waals surface area contributed by atoms with Crippen LogP contribution in [0.15, 0.2) is 36.0 Å². The van der Waals surface area contributed by atoms with Crippen LogP contribution in [0.1, 0.15) is 48.0 Å². The normalized spacial score (nSPS) is 19.2. The Balaban J connectivity index is 1.48. The Morgan fingerprint density at radius 1 is 1.08 bits per heavy atom. The summed E-state index contributed by atoms with van der Waals surface area (Å²) in [4.78, 5) is 14.6. The summed E-state index contributed by atoms with van der Waals surface area (Å²) in [7, 11) is 0. The van der Waals surface area contributed by atoms with E-state index in [0.717, 1.165) is 51.4 Å². The molecule has 1 aromatic carbocycles. The van der Waals surface area contributed by atoms with Gasteiger partial charge in [-0.05, 0) is 43.4 Å². The second kappa shape index (κ2) is 8.85. The second-order valence-electron chi connectivity index (χ2n) is 6.49. The van der Waals surface area contributed by atoms with Gasteiger partial charge in [0.05, 0.1) is 13.2 Å². The molecule has 1 aliphatic carbocycles. The lowest BCUT2D eigenvalue weighted by Crippen LogP contribution is -2.37. The smallest absolute Gasteiger partial charge is 0.269 e. The van der Waals surface area contributed by atoms with Gasteiger partial charge >= 0.3 is 0 Å². The minimum Gasteiger partial charge on any atom is -0.379 e. The number of carbonyl (C=O) groups excluding carboxylic acids is 1. The van der Waals surface area contributed by atoms with Crippen molar-refractivity contribution >= 4 is 5.91 Å². The van der Waals surface area contributed by atoms with Crippen LogP contribution in [-0.4, -0.2) is 37.1 Å². The third-order valence-electron chi connectivity index (χ3n) is 4.60. The molecular formula is C19H27N3O2. The van der Waals surface area contributed by atoms with Crippen molar-refractivity contribution in [2.75, 3.05) is 26.3 Å². The van der Waals surface area contributed by atoms with Crippen LogP contribution in [0.4, 0.5) is 0 Å². The van der Waals surface area contributed by atoms with Crippen LogP contribution >= 0.6 is 0 Å². The summed E-state index contributed by atoms with van der Waals surface area (Å²) in [5.74, 6) is -0.0851. The maximum atomic E-state index is 12.2. The Morgan fingerprint density at radius 2 is 1.88 bits per heavy atom. The van der Waals surface area contributed by atoms with Gasteiger partial charge in [-0.2, -0.15) is 0 Å². The molecule has 0 bridgehead atoms. The molecule has 1 amide bonds. The van der Waals surface area contributed by atoms with Gasteiger partial charge in [-0.3, -0.25) is 15.1 Å². The minimum absolute atomic E-state index is 0.0851. The maximum absolute atomic E-state index is 12.2. The van der Waals surface area contributed by atoms with Crippen molar-refractivity contribution in [1.82, 2.24) is 15.8 Å². The van der Waals surface area contributed by atoms with Gasteiger partial charge in [0.2, 0.25) is 0 Å². The molecule has 5 nitrogen and oxygen atoms in total. The molecule has 2 aliphatic rings. The number of hydrazine groups is 1. The van der Waals surface area contributed by atoms with Crippen LogP contribution in [0.2, 0.25) is 0 Å². The van der Waals surface area contributed by atoms with Crippen LogP contribution in [0.3, 0.4) is 0 Å². The second-order valence-corrected chi connectivity index (χ2v) is 6.49. The van der Waals surface area contributed by atoms with E-state index in [1.165, 1.54) is 24.8 Å². The first-order chi connectivity index (χ1) is 11.8. The van der Waals surface area contributed by atoms with E-state index in [2.05, 4.69) is 21.8 Å². The third-order valence-corrected chi connectivity index (χ3v) is 4.60. The van der Waals surface area contributed by atoms with E-state index in [1.54, 1.807) is 0 Å². The van der Waals surface area contributed by atoms with Crippen molar-refractivity contribution in [2.45, 2.75) is 38.6 Å². The van der Waals surface area contributed by atoms with Crippen LogP contribution in [0, 0.1) is 0 Å². The number of carbonyl (C=O) groups is 1. The molecule has 0 aromatic heterocycles. The number of rotatable bonds is 5. The van der Waals surface area contributed by atoms with Gasteiger partial charge in [-0.25, -0.2) is 0 Å². The molecule has 0 atom stereocenters. The Labute approximate surface area is 144 Å². The molecule has 3 rings (SSSR count). The summed E-state index contributed by atoms with van der Waals surface area (Å²) in [5.41, 5.74) is 8.93. The fourth-order valence-electron chi connectivity index (χ4n) is 3.12. The van der Waals surface area contributed by atoms with Crippen molar-refractivity contribution in [1.29, 1.82) is 0 Å². The highest BCUT2D eigenvalue weighted by molar-refractivity contribution is 5.93. The topological polar surface area (TPSA) is 53.6 Å². The molecule has 130 valence electrons. The number of morpholine rings is 1. The number of amides is 1. The van der Waals surface area contributed by atoms with Gasteiger partial charge in [0.1, 0.15) is 0 Å². The van der Waals surface area contributed by atoms with Gasteiger partial charge in [-0.15, -0.1) is 0 Å². The number of nitrogens with zero attached hydrogens (tertiary/aromatic N) is 1. The highest BCUT2D eigenvalue weighted by Crippen LogP contribution is 2.14. The Morgan fingerprint density at radius 3 is 2.67 bits per heavy atom. The lowest BCUT2D eigenvalue weighted by atomic mass is 10.1. The molecule has 0 saturated carbocycles. The summed E-state index contributed by atoms with van der Waals surface area (Å²) in [6, 6.07) is 7.87. The molecule has 0 radical (unpaired) electrons. The molecule has 1 saturated heterocycles. The molecule has 24 heavy (non-hydrogen) atoms. The SMILES string of the molecule is O=C(NNC1=CCCCCC1)c1ccc(CN2CCOCC2)cc1. The fraction of sp³-hybridized carbons (Fsp3) is 0.526. The van der Waals surface area contributed by atoms with E-state index in [1.807, 2.05) is 24.3 Å². The average Bonchev–Trinajstić information content (AvgIpc) is 2.90.